The highest BCUT2D eigenvalue weighted by atomic mass is 32.1. The molecule has 0 amide bonds. The molecule has 0 fully saturated rings. The second-order valence-electron chi connectivity index (χ2n) is 15.7. The fourth-order valence-corrected chi connectivity index (χ4v) is 15.3. The molecule has 6 aromatic carbocycles. The Kier molecular flexibility index (Phi) is 6.65. The third kappa shape index (κ3) is 4.26. The monoisotopic (exact) mass is 862 g/mol. The summed E-state index contributed by atoms with van der Waals surface area (Å²) in [5.74, 6) is 0. The first kappa shape index (κ1) is 33.6. The van der Waals surface area contributed by atoms with Crippen molar-refractivity contribution >= 4 is 181 Å². The van der Waals surface area contributed by atoms with Gasteiger partial charge in [0, 0.05) is 130 Å². The number of rotatable bonds is 0. The van der Waals surface area contributed by atoms with Crippen LogP contribution in [0.1, 0.15) is 0 Å². The van der Waals surface area contributed by atoms with Crippen molar-refractivity contribution in [1.29, 1.82) is 0 Å². The van der Waals surface area contributed by atoms with Gasteiger partial charge in [-0.3, -0.25) is 18.8 Å². The molecule has 0 unspecified atom stereocenters. The van der Waals surface area contributed by atoms with Crippen LogP contribution in [-0.4, -0.2) is 28.7 Å². The van der Waals surface area contributed by atoms with E-state index in [1.54, 1.807) is 0 Å². The average molecular weight is 863 g/mol. The van der Waals surface area contributed by atoms with Gasteiger partial charge < -0.3 is 0 Å². The minimum atomic E-state index is 0.964. The summed E-state index contributed by atoms with van der Waals surface area (Å²) in [5.41, 5.74) is 6.41. The summed E-state index contributed by atoms with van der Waals surface area (Å²) >= 11 is 7.56. The number of hydrogen-bond acceptors (Lipinski definition) is 8. The third-order valence-electron chi connectivity index (χ3n) is 12.6. The molecule has 10 heterocycles. The van der Waals surface area contributed by atoms with E-state index < -0.39 is 0 Å². The van der Waals surface area contributed by atoms with E-state index >= 15 is 0 Å². The molecular weight excluding hydrogens is 837 g/mol. The molecule has 62 heavy (non-hydrogen) atoms. The Hall–Kier alpha value is -7.08. The normalized spacial score (nSPS) is 12.5. The number of hydrogen-bond donors (Lipinski definition) is 0. The van der Waals surface area contributed by atoms with Crippen LogP contribution in [0.3, 0.4) is 0 Å². The Bertz CT molecular complexity index is 4590. The number of nitrogens with zero attached hydrogens (tertiary/aromatic N) is 6. The number of pyridine rings is 4. The van der Waals surface area contributed by atoms with Gasteiger partial charge in [0.05, 0.1) is 31.5 Å². The van der Waals surface area contributed by atoms with E-state index in [0.29, 0.717) is 0 Å². The van der Waals surface area contributed by atoms with Gasteiger partial charge in [-0.1, -0.05) is 72.8 Å². The molecule has 16 aromatic rings. The van der Waals surface area contributed by atoms with Crippen LogP contribution < -0.4 is 0 Å². The number of benzene rings is 6. The summed E-state index contributed by atoms with van der Waals surface area (Å²) in [6.07, 6.45) is 11.8. The summed E-state index contributed by atoms with van der Waals surface area (Å²) in [6, 6.07) is 43.3. The summed E-state index contributed by atoms with van der Waals surface area (Å²) in [6.45, 7) is 0. The predicted molar refractivity (Wildman–Crippen MR) is 268 cm³/mol. The highest BCUT2D eigenvalue weighted by molar-refractivity contribution is 7.34. The molecule has 0 radical (unpaired) electrons. The third-order valence-corrected chi connectivity index (χ3v) is 17.5. The molecule has 0 aliphatic carbocycles. The van der Waals surface area contributed by atoms with Gasteiger partial charge in [0.15, 0.2) is 0 Å². The van der Waals surface area contributed by atoms with Crippen molar-refractivity contribution in [2.75, 3.05) is 0 Å². The average Bonchev–Trinajstić information content (AvgIpc) is 4.19. The standard InChI is InChI=1S/2C26H13N3S2/c1-3-9-17-14(6-1)19-23-21(22-16(8-5-11-27-22)26-28-12-13-29(23)26)25-20(24(19)30-17)15-7-2-4-10-18(15)31-25;1-3-9-17-14(6-1)19-21-22-16(8-5-11-27-22)26-28-12-13-29(26)23(21)20-15-7-2-4-10-18(15)31-25(20)24(19)30-17/h2*1-13H. The first-order valence-corrected chi connectivity index (χ1v) is 23.6. The van der Waals surface area contributed by atoms with Crippen LogP contribution in [0.5, 0.6) is 0 Å². The topological polar surface area (TPSA) is 60.4 Å². The maximum Gasteiger partial charge on any atom is 0.146 e. The van der Waals surface area contributed by atoms with Crippen molar-refractivity contribution < 1.29 is 0 Å². The lowest BCUT2D eigenvalue weighted by atomic mass is 10.00. The zero-order chi connectivity index (χ0) is 40.2. The van der Waals surface area contributed by atoms with E-state index in [-0.39, 0.29) is 0 Å². The zero-order valence-electron chi connectivity index (χ0n) is 32.3. The Labute approximate surface area is 365 Å². The first-order valence-electron chi connectivity index (χ1n) is 20.4. The van der Waals surface area contributed by atoms with E-state index in [0.717, 1.165) is 33.1 Å². The van der Waals surface area contributed by atoms with E-state index in [1.807, 2.05) is 82.3 Å². The Balaban J connectivity index is 0.000000116. The van der Waals surface area contributed by atoms with E-state index in [1.165, 1.54) is 102 Å². The SMILES string of the molecule is c1ccc2c(c1)sc1c2c2sc3ccccc3c2c2c1c1ncccc1c1nccn12.c1ccc2c(c1)sc1c3sc4ccccc4c3c3c(c4ncccc4c4nccn43)c21. The molecule has 16 rings (SSSR count). The molecule has 6 nitrogen and oxygen atoms in total. The number of thiophene rings is 4. The highest BCUT2D eigenvalue weighted by Gasteiger charge is 2.25. The lowest BCUT2D eigenvalue weighted by Gasteiger charge is -2.11. The van der Waals surface area contributed by atoms with Gasteiger partial charge in [-0.2, -0.15) is 0 Å². The second-order valence-corrected chi connectivity index (χ2v) is 19.9. The summed E-state index contributed by atoms with van der Waals surface area (Å²) < 4.78 is 15.2. The number of fused-ring (bicyclic) bond motifs is 30. The van der Waals surface area contributed by atoms with Gasteiger partial charge in [-0.15, -0.1) is 45.3 Å². The maximum atomic E-state index is 4.90. The van der Waals surface area contributed by atoms with Gasteiger partial charge in [0.25, 0.3) is 0 Å². The maximum absolute atomic E-state index is 4.90. The van der Waals surface area contributed by atoms with Crippen LogP contribution in [-0.2, 0) is 0 Å². The molecule has 10 heteroatoms. The van der Waals surface area contributed by atoms with Crippen LogP contribution in [0.2, 0.25) is 0 Å². The van der Waals surface area contributed by atoms with Crippen LogP contribution in [0, 0.1) is 0 Å². The van der Waals surface area contributed by atoms with Crippen LogP contribution >= 0.6 is 45.3 Å². The molecule has 0 saturated carbocycles. The molecule has 0 aliphatic heterocycles. The quantitative estimate of drug-likeness (QED) is 0.143. The number of imidazole rings is 2. The van der Waals surface area contributed by atoms with Gasteiger partial charge >= 0.3 is 0 Å². The van der Waals surface area contributed by atoms with E-state index in [9.17, 15) is 0 Å². The molecule has 288 valence electrons. The number of aromatic nitrogens is 6. The van der Waals surface area contributed by atoms with E-state index in [2.05, 4.69) is 130 Å². The van der Waals surface area contributed by atoms with Crippen molar-refractivity contribution in [2.24, 2.45) is 0 Å². The van der Waals surface area contributed by atoms with Crippen LogP contribution in [0.25, 0.3) is 136 Å². The predicted octanol–water partition coefficient (Wildman–Crippen LogP) is 15.5. The van der Waals surface area contributed by atoms with Crippen molar-refractivity contribution in [2.45, 2.75) is 0 Å². The fraction of sp³-hybridized carbons (Fsp3) is 0. The lowest BCUT2D eigenvalue weighted by molar-refractivity contribution is 1.28. The van der Waals surface area contributed by atoms with Gasteiger partial charge in [-0.25, -0.2) is 9.97 Å². The molecule has 0 N–H and O–H groups in total. The molecule has 0 atom stereocenters. The lowest BCUT2D eigenvalue weighted by Crippen LogP contribution is -1.93. The Morgan fingerprint density at radius 3 is 1.24 bits per heavy atom. The highest BCUT2D eigenvalue weighted by Crippen LogP contribution is 2.52. The molecule has 0 spiro atoms. The molecular formula is C52H26N6S4. The largest absolute Gasteiger partial charge is 0.298 e. The zero-order valence-corrected chi connectivity index (χ0v) is 35.6. The smallest absolute Gasteiger partial charge is 0.146 e. The molecule has 0 bridgehead atoms. The molecule has 0 aliphatic rings. The van der Waals surface area contributed by atoms with Gasteiger partial charge in [0.1, 0.15) is 11.3 Å². The summed E-state index contributed by atoms with van der Waals surface area (Å²) in [4.78, 5) is 19.2. The Morgan fingerprint density at radius 2 is 0.694 bits per heavy atom. The van der Waals surface area contributed by atoms with Crippen molar-refractivity contribution in [1.82, 2.24) is 28.7 Å². The Morgan fingerprint density at radius 1 is 0.306 bits per heavy atom. The first-order chi connectivity index (χ1) is 30.8. The van der Waals surface area contributed by atoms with Crippen molar-refractivity contribution in [3.8, 4) is 0 Å². The van der Waals surface area contributed by atoms with Crippen LogP contribution in [0.15, 0.2) is 159 Å². The van der Waals surface area contributed by atoms with Crippen molar-refractivity contribution in [3.63, 3.8) is 0 Å². The van der Waals surface area contributed by atoms with Crippen LogP contribution in [0.4, 0.5) is 0 Å². The second kappa shape index (κ2) is 12.3. The minimum Gasteiger partial charge on any atom is -0.298 e. The minimum absolute atomic E-state index is 0.964. The summed E-state index contributed by atoms with van der Waals surface area (Å²) in [7, 11) is 0. The van der Waals surface area contributed by atoms with Gasteiger partial charge in [0.2, 0.25) is 0 Å². The van der Waals surface area contributed by atoms with Gasteiger partial charge in [-0.05, 0) is 48.5 Å². The molecule has 0 saturated heterocycles. The van der Waals surface area contributed by atoms with Crippen molar-refractivity contribution in [3.05, 3.63) is 159 Å². The summed E-state index contributed by atoms with van der Waals surface area (Å²) in [5, 5.41) is 15.2. The molecule has 10 aromatic heterocycles. The van der Waals surface area contributed by atoms with E-state index in [4.69, 9.17) is 19.9 Å². The fourth-order valence-electron chi connectivity index (χ4n) is 10.1.